The van der Waals surface area contributed by atoms with Gasteiger partial charge >= 0.3 is 0 Å². The van der Waals surface area contributed by atoms with Crippen molar-refractivity contribution in [2.24, 2.45) is 4.99 Å². The molecular weight excluding hydrogens is 515 g/mol. The second-order valence-corrected chi connectivity index (χ2v) is 7.67. The SMILES string of the molecule is CCNC(=NCCN1CCN(c2ncccn2)CC1)NCCc1c[nH]c2ccccc12.I. The molecule has 1 saturated heterocycles. The van der Waals surface area contributed by atoms with Crippen molar-refractivity contribution in [1.29, 1.82) is 0 Å². The molecule has 0 bridgehead atoms. The van der Waals surface area contributed by atoms with E-state index in [-0.39, 0.29) is 24.0 Å². The number of H-pyrrole nitrogens is 1. The lowest BCUT2D eigenvalue weighted by atomic mass is 10.1. The van der Waals surface area contributed by atoms with Gasteiger partial charge in [0, 0.05) is 75.3 Å². The van der Waals surface area contributed by atoms with Crippen LogP contribution in [0.4, 0.5) is 5.95 Å². The molecule has 0 saturated carbocycles. The zero-order valence-electron chi connectivity index (χ0n) is 18.6. The number of aromatic nitrogens is 3. The third-order valence-corrected chi connectivity index (χ3v) is 5.60. The van der Waals surface area contributed by atoms with E-state index < -0.39 is 0 Å². The maximum atomic E-state index is 4.77. The zero-order valence-corrected chi connectivity index (χ0v) is 21.0. The smallest absolute Gasteiger partial charge is 0.225 e. The molecule has 32 heavy (non-hydrogen) atoms. The van der Waals surface area contributed by atoms with E-state index in [1.54, 1.807) is 12.4 Å². The molecule has 2 aromatic heterocycles. The van der Waals surface area contributed by atoms with E-state index in [0.29, 0.717) is 0 Å². The van der Waals surface area contributed by atoms with Gasteiger partial charge in [-0.1, -0.05) is 18.2 Å². The number of fused-ring (bicyclic) bond motifs is 1. The number of hydrogen-bond donors (Lipinski definition) is 3. The van der Waals surface area contributed by atoms with Crippen LogP contribution in [-0.2, 0) is 6.42 Å². The fourth-order valence-corrected chi connectivity index (χ4v) is 3.92. The Morgan fingerprint density at radius 1 is 1.06 bits per heavy atom. The Morgan fingerprint density at radius 3 is 2.62 bits per heavy atom. The summed E-state index contributed by atoms with van der Waals surface area (Å²) in [6, 6.07) is 10.3. The molecule has 3 aromatic rings. The van der Waals surface area contributed by atoms with Gasteiger partial charge in [0.15, 0.2) is 5.96 Å². The molecule has 0 spiro atoms. The fourth-order valence-electron chi connectivity index (χ4n) is 3.92. The van der Waals surface area contributed by atoms with Gasteiger partial charge in [0.1, 0.15) is 0 Å². The highest BCUT2D eigenvalue weighted by atomic mass is 127. The molecule has 0 aliphatic carbocycles. The predicted molar refractivity (Wildman–Crippen MR) is 142 cm³/mol. The van der Waals surface area contributed by atoms with Crippen LogP contribution >= 0.6 is 24.0 Å². The number of guanidine groups is 1. The molecule has 1 aliphatic heterocycles. The first-order valence-electron chi connectivity index (χ1n) is 11.1. The van der Waals surface area contributed by atoms with Gasteiger partial charge in [-0.05, 0) is 31.0 Å². The van der Waals surface area contributed by atoms with Crippen molar-refractivity contribution in [2.75, 3.05) is 57.3 Å². The van der Waals surface area contributed by atoms with Crippen molar-refractivity contribution in [1.82, 2.24) is 30.5 Å². The Hall–Kier alpha value is -2.40. The van der Waals surface area contributed by atoms with Crippen LogP contribution in [-0.4, -0.2) is 78.2 Å². The minimum atomic E-state index is 0. The lowest BCUT2D eigenvalue weighted by Crippen LogP contribution is -2.47. The van der Waals surface area contributed by atoms with Crippen LogP contribution < -0.4 is 15.5 Å². The second-order valence-electron chi connectivity index (χ2n) is 7.67. The zero-order chi connectivity index (χ0) is 21.3. The van der Waals surface area contributed by atoms with Crippen LogP contribution in [0.1, 0.15) is 12.5 Å². The van der Waals surface area contributed by atoms with Crippen LogP contribution in [0.3, 0.4) is 0 Å². The number of halogens is 1. The van der Waals surface area contributed by atoms with Gasteiger partial charge in [-0.2, -0.15) is 0 Å². The van der Waals surface area contributed by atoms with Gasteiger partial charge in [-0.3, -0.25) is 9.89 Å². The Kier molecular flexibility index (Phi) is 9.54. The van der Waals surface area contributed by atoms with E-state index in [1.807, 2.05) is 6.07 Å². The van der Waals surface area contributed by atoms with Crippen molar-refractivity contribution in [3.8, 4) is 0 Å². The molecule has 0 amide bonds. The highest BCUT2D eigenvalue weighted by Gasteiger charge is 2.18. The average molecular weight is 548 g/mol. The lowest BCUT2D eigenvalue weighted by Gasteiger charge is -2.34. The molecule has 0 unspecified atom stereocenters. The molecule has 3 heterocycles. The number of nitrogens with one attached hydrogen (secondary N) is 3. The van der Waals surface area contributed by atoms with Crippen molar-refractivity contribution < 1.29 is 0 Å². The number of benzene rings is 1. The summed E-state index contributed by atoms with van der Waals surface area (Å²) < 4.78 is 0. The number of piperazine rings is 1. The average Bonchev–Trinajstić information content (AvgIpc) is 3.23. The monoisotopic (exact) mass is 548 g/mol. The molecule has 3 N–H and O–H groups in total. The molecule has 8 nitrogen and oxygen atoms in total. The highest BCUT2D eigenvalue weighted by molar-refractivity contribution is 14.0. The Labute approximate surface area is 206 Å². The number of aromatic amines is 1. The maximum absolute atomic E-state index is 4.77. The molecule has 0 atom stereocenters. The number of anilines is 1. The molecule has 4 rings (SSSR count). The van der Waals surface area contributed by atoms with E-state index in [0.717, 1.165) is 70.7 Å². The van der Waals surface area contributed by atoms with Gasteiger partial charge in [-0.25, -0.2) is 9.97 Å². The number of para-hydroxylation sites is 1. The minimum Gasteiger partial charge on any atom is -0.361 e. The molecule has 0 radical (unpaired) electrons. The molecule has 1 fully saturated rings. The summed E-state index contributed by atoms with van der Waals surface area (Å²) >= 11 is 0. The van der Waals surface area contributed by atoms with Crippen molar-refractivity contribution in [2.45, 2.75) is 13.3 Å². The van der Waals surface area contributed by atoms with E-state index in [9.17, 15) is 0 Å². The molecule has 9 heteroatoms. The van der Waals surface area contributed by atoms with Crippen molar-refractivity contribution in [3.05, 3.63) is 54.5 Å². The van der Waals surface area contributed by atoms with E-state index in [1.165, 1.54) is 16.5 Å². The largest absolute Gasteiger partial charge is 0.361 e. The number of nitrogens with zero attached hydrogens (tertiary/aromatic N) is 5. The van der Waals surface area contributed by atoms with Gasteiger partial charge < -0.3 is 20.5 Å². The van der Waals surface area contributed by atoms with Crippen LogP contribution in [0.5, 0.6) is 0 Å². The highest BCUT2D eigenvalue weighted by Crippen LogP contribution is 2.17. The minimum absolute atomic E-state index is 0. The maximum Gasteiger partial charge on any atom is 0.225 e. The number of rotatable bonds is 8. The van der Waals surface area contributed by atoms with Crippen LogP contribution in [0.2, 0.25) is 0 Å². The van der Waals surface area contributed by atoms with Gasteiger partial charge in [0.25, 0.3) is 0 Å². The van der Waals surface area contributed by atoms with Gasteiger partial charge in [0.2, 0.25) is 5.95 Å². The summed E-state index contributed by atoms with van der Waals surface area (Å²) in [5.74, 6) is 1.72. The molecule has 1 aromatic carbocycles. The van der Waals surface area contributed by atoms with E-state index in [4.69, 9.17) is 4.99 Å². The first-order chi connectivity index (χ1) is 15.3. The Bertz CT molecular complexity index is 966. The third kappa shape index (κ3) is 6.55. The summed E-state index contributed by atoms with van der Waals surface area (Å²) in [6.07, 6.45) is 6.67. The van der Waals surface area contributed by atoms with Crippen molar-refractivity contribution >= 4 is 46.8 Å². The first kappa shape index (κ1) is 24.2. The Morgan fingerprint density at radius 2 is 1.84 bits per heavy atom. The molecular formula is C23H33IN8. The molecule has 1 aliphatic rings. The predicted octanol–water partition coefficient (Wildman–Crippen LogP) is 2.50. The fraction of sp³-hybridized carbons (Fsp3) is 0.435. The quantitative estimate of drug-likeness (QED) is 0.228. The van der Waals surface area contributed by atoms with Gasteiger partial charge in [-0.15, -0.1) is 24.0 Å². The number of aliphatic imine (C=N–C) groups is 1. The topological polar surface area (TPSA) is 84.5 Å². The summed E-state index contributed by atoms with van der Waals surface area (Å²) in [5.41, 5.74) is 2.52. The summed E-state index contributed by atoms with van der Waals surface area (Å²) in [5, 5.41) is 8.12. The molecule has 172 valence electrons. The van der Waals surface area contributed by atoms with Crippen molar-refractivity contribution in [3.63, 3.8) is 0 Å². The van der Waals surface area contributed by atoms with Crippen LogP contribution in [0.15, 0.2) is 53.9 Å². The summed E-state index contributed by atoms with van der Waals surface area (Å²) in [7, 11) is 0. The van der Waals surface area contributed by atoms with Crippen LogP contribution in [0, 0.1) is 0 Å². The lowest BCUT2D eigenvalue weighted by molar-refractivity contribution is 0.263. The second kappa shape index (κ2) is 12.6. The summed E-state index contributed by atoms with van der Waals surface area (Å²) in [4.78, 5) is 21.5. The van der Waals surface area contributed by atoms with E-state index >= 15 is 0 Å². The normalized spacial score (nSPS) is 14.9. The first-order valence-corrected chi connectivity index (χ1v) is 11.1. The van der Waals surface area contributed by atoms with Crippen LogP contribution in [0.25, 0.3) is 10.9 Å². The Balaban J connectivity index is 0.00000289. The van der Waals surface area contributed by atoms with E-state index in [2.05, 4.69) is 72.8 Å². The standard InChI is InChI=1S/C23H32N8.HI/c1-2-24-22(25-11-8-19-18-29-21-7-4-3-6-20(19)21)26-12-13-30-14-16-31(17-15-30)23-27-9-5-10-28-23;/h3-7,9-10,18,29H,2,8,11-17H2,1H3,(H2,24,25,26);1H. The third-order valence-electron chi connectivity index (χ3n) is 5.60. The van der Waals surface area contributed by atoms with Gasteiger partial charge in [0.05, 0.1) is 6.54 Å². The number of hydrogen-bond acceptors (Lipinski definition) is 5. The summed E-state index contributed by atoms with van der Waals surface area (Å²) in [6.45, 7) is 9.48.